The zero-order valence-electron chi connectivity index (χ0n) is 14.6. The van der Waals surface area contributed by atoms with Crippen LogP contribution in [-0.2, 0) is 16.1 Å². The van der Waals surface area contributed by atoms with Gasteiger partial charge in [-0.05, 0) is 30.2 Å². The lowest BCUT2D eigenvalue weighted by Gasteiger charge is -2.30. The average Bonchev–Trinajstić information content (AvgIpc) is 2.66. The fraction of sp³-hybridized carbons (Fsp3) is 0.350. The minimum atomic E-state index is -0.0139. The van der Waals surface area contributed by atoms with Gasteiger partial charge in [0.2, 0.25) is 5.91 Å². The zero-order valence-corrected chi connectivity index (χ0v) is 14.6. The molecule has 1 aliphatic heterocycles. The molecule has 0 radical (unpaired) electrons. The Morgan fingerprint density at radius 2 is 1.80 bits per heavy atom. The Kier molecular flexibility index (Phi) is 5.90. The van der Waals surface area contributed by atoms with Crippen LogP contribution in [0.15, 0.2) is 48.5 Å². The number of rotatable bonds is 6. The molecule has 2 aromatic rings. The number of amides is 1. The van der Waals surface area contributed by atoms with Crippen LogP contribution in [0.4, 0.5) is 11.4 Å². The number of carbonyl (C=O) groups is 1. The minimum Gasteiger partial charge on any atom is -0.378 e. The molecule has 1 fully saturated rings. The summed E-state index contributed by atoms with van der Waals surface area (Å²) in [5, 5.41) is 6.24. The monoisotopic (exact) mass is 339 g/mol. The summed E-state index contributed by atoms with van der Waals surface area (Å²) in [5.74, 6) is -0.0139. The van der Waals surface area contributed by atoms with Gasteiger partial charge < -0.3 is 20.3 Å². The third-order valence-corrected chi connectivity index (χ3v) is 4.43. The van der Waals surface area contributed by atoms with Crippen LogP contribution in [0.2, 0.25) is 0 Å². The van der Waals surface area contributed by atoms with Crippen molar-refractivity contribution in [3.8, 4) is 0 Å². The molecule has 1 heterocycles. The van der Waals surface area contributed by atoms with Gasteiger partial charge in [-0.15, -0.1) is 0 Å². The highest BCUT2D eigenvalue weighted by Gasteiger charge is 2.14. The van der Waals surface area contributed by atoms with Gasteiger partial charge in [0, 0.05) is 19.6 Å². The van der Waals surface area contributed by atoms with Crippen LogP contribution in [0.3, 0.4) is 0 Å². The maximum Gasteiger partial charge on any atom is 0.239 e. The molecule has 0 spiro atoms. The molecule has 0 bridgehead atoms. The molecule has 0 saturated carbocycles. The molecule has 2 aromatic carbocycles. The first kappa shape index (κ1) is 17.3. The molecule has 132 valence electrons. The van der Waals surface area contributed by atoms with Crippen molar-refractivity contribution in [1.29, 1.82) is 0 Å². The van der Waals surface area contributed by atoms with Crippen molar-refractivity contribution in [3.63, 3.8) is 0 Å². The molecular formula is C20H25N3O2. The summed E-state index contributed by atoms with van der Waals surface area (Å²) in [5.41, 5.74) is 4.44. The number of hydrogen-bond donors (Lipinski definition) is 2. The molecule has 2 N–H and O–H groups in total. The van der Waals surface area contributed by atoms with Crippen molar-refractivity contribution in [1.82, 2.24) is 5.32 Å². The lowest BCUT2D eigenvalue weighted by atomic mass is 10.1. The SMILES string of the molecule is Cc1ccccc1CNC(=O)CNc1ccccc1N1CCOCC1. The van der Waals surface area contributed by atoms with E-state index in [0.29, 0.717) is 6.54 Å². The maximum atomic E-state index is 12.2. The Morgan fingerprint density at radius 3 is 2.60 bits per heavy atom. The van der Waals surface area contributed by atoms with E-state index in [1.165, 1.54) is 5.56 Å². The van der Waals surface area contributed by atoms with E-state index in [-0.39, 0.29) is 12.5 Å². The Hall–Kier alpha value is -2.53. The van der Waals surface area contributed by atoms with E-state index in [1.54, 1.807) is 0 Å². The number of nitrogens with zero attached hydrogens (tertiary/aromatic N) is 1. The van der Waals surface area contributed by atoms with Crippen LogP contribution >= 0.6 is 0 Å². The number of ether oxygens (including phenoxy) is 1. The number of para-hydroxylation sites is 2. The van der Waals surface area contributed by atoms with Crippen molar-refractivity contribution >= 4 is 17.3 Å². The predicted octanol–water partition coefficient (Wildman–Crippen LogP) is 2.56. The van der Waals surface area contributed by atoms with Crippen LogP contribution < -0.4 is 15.5 Å². The fourth-order valence-electron chi connectivity index (χ4n) is 2.94. The van der Waals surface area contributed by atoms with Crippen molar-refractivity contribution in [3.05, 3.63) is 59.7 Å². The highest BCUT2D eigenvalue weighted by atomic mass is 16.5. The van der Waals surface area contributed by atoms with Crippen LogP contribution in [0.5, 0.6) is 0 Å². The summed E-state index contributed by atoms with van der Waals surface area (Å²) in [6.07, 6.45) is 0. The van der Waals surface area contributed by atoms with Crippen molar-refractivity contribution < 1.29 is 9.53 Å². The molecular weight excluding hydrogens is 314 g/mol. The quantitative estimate of drug-likeness (QED) is 0.849. The Labute approximate surface area is 149 Å². The van der Waals surface area contributed by atoms with E-state index in [1.807, 2.05) is 36.4 Å². The molecule has 1 aliphatic rings. The van der Waals surface area contributed by atoms with E-state index in [4.69, 9.17) is 4.74 Å². The predicted molar refractivity (Wildman–Crippen MR) is 101 cm³/mol. The molecule has 0 aromatic heterocycles. The van der Waals surface area contributed by atoms with Gasteiger partial charge in [0.25, 0.3) is 0 Å². The standard InChI is InChI=1S/C20H25N3O2/c1-16-6-2-3-7-17(16)14-22-20(24)15-21-18-8-4-5-9-19(18)23-10-12-25-13-11-23/h2-9,21H,10-15H2,1H3,(H,22,24). The van der Waals surface area contributed by atoms with Gasteiger partial charge >= 0.3 is 0 Å². The van der Waals surface area contributed by atoms with Gasteiger partial charge in [0.15, 0.2) is 0 Å². The highest BCUT2D eigenvalue weighted by molar-refractivity contribution is 5.82. The number of hydrogen-bond acceptors (Lipinski definition) is 4. The van der Waals surface area contributed by atoms with Crippen LogP contribution in [0.1, 0.15) is 11.1 Å². The maximum absolute atomic E-state index is 12.2. The largest absolute Gasteiger partial charge is 0.378 e. The number of morpholine rings is 1. The third kappa shape index (κ3) is 4.73. The van der Waals surface area contributed by atoms with Gasteiger partial charge in [-0.3, -0.25) is 4.79 Å². The molecule has 5 nitrogen and oxygen atoms in total. The highest BCUT2D eigenvalue weighted by Crippen LogP contribution is 2.26. The average molecular weight is 339 g/mol. The second-order valence-corrected chi connectivity index (χ2v) is 6.17. The number of aryl methyl sites for hydroxylation is 1. The molecule has 0 aliphatic carbocycles. The normalized spacial score (nSPS) is 14.2. The van der Waals surface area contributed by atoms with E-state index in [0.717, 1.165) is 43.2 Å². The molecule has 5 heteroatoms. The Bertz CT molecular complexity index is 712. The van der Waals surface area contributed by atoms with Crippen molar-refractivity contribution in [2.24, 2.45) is 0 Å². The number of anilines is 2. The fourth-order valence-corrected chi connectivity index (χ4v) is 2.94. The molecule has 25 heavy (non-hydrogen) atoms. The molecule has 1 amide bonds. The number of benzene rings is 2. The second-order valence-electron chi connectivity index (χ2n) is 6.17. The Balaban J connectivity index is 1.54. The van der Waals surface area contributed by atoms with E-state index in [9.17, 15) is 4.79 Å². The molecule has 1 saturated heterocycles. The first-order chi connectivity index (χ1) is 12.2. The zero-order chi connectivity index (χ0) is 17.5. The first-order valence-corrected chi connectivity index (χ1v) is 8.71. The summed E-state index contributed by atoms with van der Waals surface area (Å²) in [7, 11) is 0. The van der Waals surface area contributed by atoms with Gasteiger partial charge in [-0.1, -0.05) is 36.4 Å². The lowest BCUT2D eigenvalue weighted by molar-refractivity contribution is -0.119. The van der Waals surface area contributed by atoms with Crippen molar-refractivity contribution in [2.75, 3.05) is 43.1 Å². The van der Waals surface area contributed by atoms with Crippen LogP contribution in [0.25, 0.3) is 0 Å². The van der Waals surface area contributed by atoms with E-state index in [2.05, 4.69) is 34.6 Å². The number of nitrogens with one attached hydrogen (secondary N) is 2. The lowest BCUT2D eigenvalue weighted by Crippen LogP contribution is -2.37. The summed E-state index contributed by atoms with van der Waals surface area (Å²) in [6, 6.07) is 16.2. The van der Waals surface area contributed by atoms with Gasteiger partial charge in [0.05, 0.1) is 31.1 Å². The molecule has 3 rings (SSSR count). The summed E-state index contributed by atoms with van der Waals surface area (Å²) < 4.78 is 5.42. The van der Waals surface area contributed by atoms with Gasteiger partial charge in [-0.2, -0.15) is 0 Å². The Morgan fingerprint density at radius 1 is 1.08 bits per heavy atom. The van der Waals surface area contributed by atoms with E-state index >= 15 is 0 Å². The topological polar surface area (TPSA) is 53.6 Å². The summed E-state index contributed by atoms with van der Waals surface area (Å²) in [4.78, 5) is 14.5. The van der Waals surface area contributed by atoms with Crippen molar-refractivity contribution in [2.45, 2.75) is 13.5 Å². The summed E-state index contributed by atoms with van der Waals surface area (Å²) in [6.45, 7) is 6.09. The summed E-state index contributed by atoms with van der Waals surface area (Å²) >= 11 is 0. The number of carbonyl (C=O) groups excluding carboxylic acids is 1. The van der Waals surface area contributed by atoms with Crippen LogP contribution in [0, 0.1) is 6.92 Å². The molecule has 0 unspecified atom stereocenters. The first-order valence-electron chi connectivity index (χ1n) is 8.71. The second kappa shape index (κ2) is 8.53. The van der Waals surface area contributed by atoms with Gasteiger partial charge in [0.1, 0.15) is 0 Å². The smallest absolute Gasteiger partial charge is 0.239 e. The minimum absolute atomic E-state index is 0.0139. The molecule has 0 atom stereocenters. The third-order valence-electron chi connectivity index (χ3n) is 4.43. The van der Waals surface area contributed by atoms with E-state index < -0.39 is 0 Å². The van der Waals surface area contributed by atoms with Gasteiger partial charge in [-0.25, -0.2) is 0 Å². The van der Waals surface area contributed by atoms with Crippen LogP contribution in [-0.4, -0.2) is 38.8 Å².